The molecule has 0 saturated heterocycles. The third-order valence-corrected chi connectivity index (χ3v) is 6.50. The second-order valence-electron chi connectivity index (χ2n) is 7.29. The number of sulfonamides is 1. The fourth-order valence-electron chi connectivity index (χ4n) is 3.05. The minimum absolute atomic E-state index is 0. The van der Waals surface area contributed by atoms with Crippen LogP contribution in [0.2, 0.25) is 0 Å². The van der Waals surface area contributed by atoms with Crippen molar-refractivity contribution in [2.24, 2.45) is 11.7 Å². The molecule has 28 heavy (non-hydrogen) atoms. The molecule has 2 aromatic carbocycles. The van der Waals surface area contributed by atoms with E-state index in [9.17, 15) is 13.2 Å². The van der Waals surface area contributed by atoms with Gasteiger partial charge in [0.1, 0.15) is 0 Å². The summed E-state index contributed by atoms with van der Waals surface area (Å²) in [4.78, 5) is 12.6. The van der Waals surface area contributed by atoms with Crippen molar-refractivity contribution in [1.82, 2.24) is 5.32 Å². The van der Waals surface area contributed by atoms with Crippen LogP contribution in [0.3, 0.4) is 0 Å². The van der Waals surface area contributed by atoms with E-state index < -0.39 is 15.6 Å². The summed E-state index contributed by atoms with van der Waals surface area (Å²) in [6.45, 7) is 4.16. The summed E-state index contributed by atoms with van der Waals surface area (Å²) in [5.41, 5.74) is 7.19. The van der Waals surface area contributed by atoms with E-state index in [0.717, 1.165) is 18.4 Å². The molecule has 1 amide bonds. The number of carbonyl (C=O) groups excluding carboxylic acids is 1. The van der Waals surface area contributed by atoms with Crippen LogP contribution in [-0.2, 0) is 10.0 Å². The molecule has 2 aromatic rings. The minimum atomic E-state index is -3.72. The van der Waals surface area contributed by atoms with E-state index in [4.69, 9.17) is 5.73 Å². The van der Waals surface area contributed by atoms with Gasteiger partial charge in [0.2, 0.25) is 0 Å². The van der Waals surface area contributed by atoms with Crippen LogP contribution >= 0.6 is 12.4 Å². The normalized spacial score (nSPS) is 15.8. The standard InChI is InChI=1S/C20H25N3O3S.ClH/c1-14-5-3-4-6-18(14)23-27(25,26)17-11-7-15(8-12-17)19(24)22-20(2,13-21)16-9-10-16;/h3-8,11-12,16,23H,9-10,13,21H2,1-2H3,(H,22,24);1H. The lowest BCUT2D eigenvalue weighted by Gasteiger charge is -2.29. The Labute approximate surface area is 172 Å². The smallest absolute Gasteiger partial charge is 0.261 e. The molecule has 1 aliphatic rings. The van der Waals surface area contributed by atoms with Gasteiger partial charge in [-0.05, 0) is 68.5 Å². The molecular weight excluding hydrogens is 398 g/mol. The van der Waals surface area contributed by atoms with Gasteiger partial charge >= 0.3 is 0 Å². The van der Waals surface area contributed by atoms with Gasteiger partial charge in [-0.15, -0.1) is 12.4 Å². The van der Waals surface area contributed by atoms with E-state index in [2.05, 4.69) is 10.0 Å². The fraction of sp³-hybridized carbons (Fsp3) is 0.350. The second kappa shape index (κ2) is 8.51. The number of rotatable bonds is 7. The lowest BCUT2D eigenvalue weighted by atomic mass is 9.95. The summed E-state index contributed by atoms with van der Waals surface area (Å²) in [6, 6.07) is 13.1. The van der Waals surface area contributed by atoms with E-state index in [0.29, 0.717) is 23.7 Å². The van der Waals surface area contributed by atoms with Crippen LogP contribution in [0.4, 0.5) is 5.69 Å². The van der Waals surface area contributed by atoms with Crippen molar-refractivity contribution in [1.29, 1.82) is 0 Å². The van der Waals surface area contributed by atoms with Crippen LogP contribution in [0.15, 0.2) is 53.4 Å². The van der Waals surface area contributed by atoms with Gasteiger partial charge in [-0.2, -0.15) is 0 Å². The Morgan fingerprint density at radius 1 is 1.14 bits per heavy atom. The van der Waals surface area contributed by atoms with Crippen LogP contribution < -0.4 is 15.8 Å². The molecule has 3 rings (SSSR count). The van der Waals surface area contributed by atoms with Gasteiger partial charge < -0.3 is 11.1 Å². The molecule has 1 saturated carbocycles. The van der Waals surface area contributed by atoms with Crippen LogP contribution in [-0.4, -0.2) is 26.4 Å². The maximum absolute atomic E-state index is 12.6. The van der Waals surface area contributed by atoms with E-state index in [-0.39, 0.29) is 23.2 Å². The molecule has 8 heteroatoms. The highest BCUT2D eigenvalue weighted by molar-refractivity contribution is 7.92. The summed E-state index contributed by atoms with van der Waals surface area (Å²) < 4.78 is 27.7. The molecule has 0 spiro atoms. The number of para-hydroxylation sites is 1. The molecule has 0 radical (unpaired) electrons. The van der Waals surface area contributed by atoms with Gasteiger partial charge in [-0.25, -0.2) is 8.42 Å². The van der Waals surface area contributed by atoms with E-state index in [1.807, 2.05) is 26.0 Å². The Morgan fingerprint density at radius 2 is 1.75 bits per heavy atom. The third kappa shape index (κ3) is 4.84. The molecule has 4 N–H and O–H groups in total. The van der Waals surface area contributed by atoms with Crippen molar-refractivity contribution < 1.29 is 13.2 Å². The van der Waals surface area contributed by atoms with E-state index in [1.54, 1.807) is 12.1 Å². The van der Waals surface area contributed by atoms with Crippen molar-refractivity contribution in [3.8, 4) is 0 Å². The predicted octanol–water partition coefficient (Wildman–Crippen LogP) is 3.07. The summed E-state index contributed by atoms with van der Waals surface area (Å²) >= 11 is 0. The number of nitrogens with one attached hydrogen (secondary N) is 2. The number of carbonyl (C=O) groups is 1. The van der Waals surface area contributed by atoms with Crippen molar-refractivity contribution in [3.63, 3.8) is 0 Å². The first kappa shape index (κ1) is 22.2. The Hall–Kier alpha value is -2.09. The second-order valence-corrected chi connectivity index (χ2v) is 8.98. The number of aryl methyl sites for hydroxylation is 1. The fourth-order valence-corrected chi connectivity index (χ4v) is 4.18. The van der Waals surface area contributed by atoms with Gasteiger partial charge in [0.15, 0.2) is 0 Å². The minimum Gasteiger partial charge on any atom is -0.345 e. The molecule has 1 fully saturated rings. The average Bonchev–Trinajstić information content (AvgIpc) is 3.49. The highest BCUT2D eigenvalue weighted by Gasteiger charge is 2.41. The van der Waals surface area contributed by atoms with Gasteiger partial charge in [-0.1, -0.05) is 18.2 Å². The first-order chi connectivity index (χ1) is 12.7. The zero-order chi connectivity index (χ0) is 19.7. The Bertz CT molecular complexity index is 943. The number of anilines is 1. The Balaban J connectivity index is 0.00000280. The Morgan fingerprint density at radius 3 is 2.29 bits per heavy atom. The number of amides is 1. The third-order valence-electron chi connectivity index (χ3n) is 5.12. The van der Waals surface area contributed by atoms with E-state index >= 15 is 0 Å². The van der Waals surface area contributed by atoms with Crippen molar-refractivity contribution in [3.05, 3.63) is 59.7 Å². The predicted molar refractivity (Wildman–Crippen MR) is 113 cm³/mol. The molecule has 0 heterocycles. The average molecular weight is 424 g/mol. The zero-order valence-electron chi connectivity index (χ0n) is 15.9. The molecule has 1 atom stereocenters. The molecule has 0 bridgehead atoms. The van der Waals surface area contributed by atoms with Gasteiger partial charge in [0.25, 0.3) is 15.9 Å². The van der Waals surface area contributed by atoms with Crippen molar-refractivity contribution in [2.45, 2.75) is 37.1 Å². The molecule has 0 aliphatic heterocycles. The first-order valence-corrected chi connectivity index (χ1v) is 10.4. The SMILES string of the molecule is Cc1ccccc1NS(=O)(=O)c1ccc(C(=O)NC(C)(CN)C2CC2)cc1.Cl. The van der Waals surface area contributed by atoms with Crippen molar-refractivity contribution >= 4 is 34.0 Å². The highest BCUT2D eigenvalue weighted by Crippen LogP contribution is 2.39. The van der Waals surface area contributed by atoms with E-state index in [1.165, 1.54) is 24.3 Å². The molecule has 6 nitrogen and oxygen atoms in total. The molecule has 0 aromatic heterocycles. The molecular formula is C20H26ClN3O3S. The van der Waals surface area contributed by atoms with Gasteiger partial charge in [-0.3, -0.25) is 9.52 Å². The number of nitrogens with two attached hydrogens (primary N) is 1. The maximum Gasteiger partial charge on any atom is 0.261 e. The van der Waals surface area contributed by atoms with Crippen LogP contribution in [0.5, 0.6) is 0 Å². The highest BCUT2D eigenvalue weighted by atomic mass is 35.5. The summed E-state index contributed by atoms with van der Waals surface area (Å²) in [7, 11) is -3.72. The largest absolute Gasteiger partial charge is 0.345 e. The lowest BCUT2D eigenvalue weighted by molar-refractivity contribution is 0.0897. The number of benzene rings is 2. The molecule has 1 aliphatic carbocycles. The van der Waals surface area contributed by atoms with Crippen molar-refractivity contribution in [2.75, 3.05) is 11.3 Å². The van der Waals surface area contributed by atoms with Crippen LogP contribution in [0.1, 0.15) is 35.7 Å². The lowest BCUT2D eigenvalue weighted by Crippen LogP contribution is -2.53. The monoisotopic (exact) mass is 423 g/mol. The van der Waals surface area contributed by atoms with Crippen LogP contribution in [0.25, 0.3) is 0 Å². The number of hydrogen-bond donors (Lipinski definition) is 3. The molecule has 1 unspecified atom stereocenters. The summed E-state index contributed by atoms with van der Waals surface area (Å²) in [5, 5.41) is 3.00. The number of hydrogen-bond acceptors (Lipinski definition) is 4. The number of halogens is 1. The summed E-state index contributed by atoms with van der Waals surface area (Å²) in [5.74, 6) is 0.162. The summed E-state index contributed by atoms with van der Waals surface area (Å²) in [6.07, 6.45) is 2.13. The quantitative estimate of drug-likeness (QED) is 0.636. The zero-order valence-corrected chi connectivity index (χ0v) is 17.6. The van der Waals surface area contributed by atoms with Crippen LogP contribution in [0, 0.1) is 12.8 Å². The first-order valence-electron chi connectivity index (χ1n) is 8.96. The van der Waals surface area contributed by atoms with Gasteiger partial charge in [0.05, 0.1) is 16.1 Å². The topological polar surface area (TPSA) is 101 Å². The van der Waals surface area contributed by atoms with Gasteiger partial charge in [0, 0.05) is 12.1 Å². The Kier molecular flexibility index (Phi) is 6.75. The maximum atomic E-state index is 12.6. The molecule has 152 valence electrons.